The molecule has 1 aliphatic rings. The van der Waals surface area contributed by atoms with Gasteiger partial charge in [0.2, 0.25) is 5.91 Å². The number of aliphatic hydroxyl groups is 2. The standard InChI is InChI=1S/C20H20ClN3O4S/c21-17-8-12-7-13(23-19(12)29-17)18(27)22-14(6-11-4-2-1-3-5-11)20(28)24-9-15(25)16(26)10-24/h1-5,7-8,14-16,23,25-26H,6,9-10H2,(H,22,27)/t14-,15-,16+/m0/s1. The van der Waals surface area contributed by atoms with Crippen molar-refractivity contribution in [2.45, 2.75) is 24.7 Å². The zero-order valence-electron chi connectivity index (χ0n) is 15.3. The Morgan fingerprint density at radius 3 is 2.55 bits per heavy atom. The first-order chi connectivity index (χ1) is 13.9. The lowest BCUT2D eigenvalue weighted by Gasteiger charge is -2.24. The molecule has 0 aliphatic carbocycles. The molecule has 0 unspecified atom stereocenters. The molecule has 1 fully saturated rings. The van der Waals surface area contributed by atoms with Crippen molar-refractivity contribution >= 4 is 45.0 Å². The van der Waals surface area contributed by atoms with Crippen molar-refractivity contribution in [3.05, 3.63) is 58.1 Å². The predicted molar refractivity (Wildman–Crippen MR) is 111 cm³/mol. The van der Waals surface area contributed by atoms with Gasteiger partial charge in [0.15, 0.2) is 0 Å². The molecule has 0 radical (unpaired) electrons. The summed E-state index contributed by atoms with van der Waals surface area (Å²) in [4.78, 5) is 31.0. The number of benzene rings is 1. The molecule has 152 valence electrons. The fourth-order valence-electron chi connectivity index (χ4n) is 3.47. The van der Waals surface area contributed by atoms with Crippen LogP contribution in [0, 0.1) is 0 Å². The fourth-order valence-corrected chi connectivity index (χ4v) is 4.60. The topological polar surface area (TPSA) is 106 Å². The Hall–Kier alpha value is -2.39. The molecular weight excluding hydrogens is 414 g/mol. The van der Waals surface area contributed by atoms with Crippen LogP contribution < -0.4 is 5.32 Å². The second kappa shape index (κ2) is 8.16. The molecule has 9 heteroatoms. The molecule has 1 saturated heterocycles. The van der Waals surface area contributed by atoms with E-state index in [1.54, 1.807) is 12.1 Å². The van der Waals surface area contributed by atoms with E-state index in [1.807, 2.05) is 30.3 Å². The van der Waals surface area contributed by atoms with Crippen molar-refractivity contribution in [3.8, 4) is 0 Å². The summed E-state index contributed by atoms with van der Waals surface area (Å²) < 4.78 is 0.626. The maximum atomic E-state index is 13.0. The van der Waals surface area contributed by atoms with Crippen molar-refractivity contribution in [2.24, 2.45) is 0 Å². The number of carbonyl (C=O) groups is 2. The largest absolute Gasteiger partial charge is 0.388 e. The third-order valence-corrected chi connectivity index (χ3v) is 6.18. The Morgan fingerprint density at radius 2 is 1.90 bits per heavy atom. The molecule has 2 amide bonds. The Kier molecular flexibility index (Phi) is 5.60. The van der Waals surface area contributed by atoms with Gasteiger partial charge in [-0.3, -0.25) is 9.59 Å². The second-order valence-corrected chi connectivity index (χ2v) is 8.80. The van der Waals surface area contributed by atoms with Crippen molar-refractivity contribution in [1.29, 1.82) is 0 Å². The zero-order valence-corrected chi connectivity index (χ0v) is 16.9. The van der Waals surface area contributed by atoms with Crippen molar-refractivity contribution in [3.63, 3.8) is 0 Å². The molecule has 3 aromatic rings. The van der Waals surface area contributed by atoms with Gasteiger partial charge in [-0.05, 0) is 17.7 Å². The molecule has 1 aliphatic heterocycles. The molecular formula is C20H20ClN3O4S. The molecule has 3 atom stereocenters. The average molecular weight is 434 g/mol. The first-order valence-electron chi connectivity index (χ1n) is 9.18. The zero-order chi connectivity index (χ0) is 20.5. The molecule has 3 heterocycles. The number of aromatic amines is 1. The van der Waals surface area contributed by atoms with Crippen LogP contribution in [-0.2, 0) is 11.2 Å². The first-order valence-corrected chi connectivity index (χ1v) is 10.4. The number of aromatic nitrogens is 1. The van der Waals surface area contributed by atoms with Gasteiger partial charge in [-0.25, -0.2) is 0 Å². The lowest BCUT2D eigenvalue weighted by Crippen LogP contribution is -2.49. The van der Waals surface area contributed by atoms with E-state index in [2.05, 4.69) is 10.3 Å². The van der Waals surface area contributed by atoms with Crippen LogP contribution in [0.25, 0.3) is 10.2 Å². The summed E-state index contributed by atoms with van der Waals surface area (Å²) in [5.74, 6) is -0.742. The molecule has 2 aromatic heterocycles. The molecule has 0 spiro atoms. The van der Waals surface area contributed by atoms with Crippen LogP contribution in [0.5, 0.6) is 0 Å². The van der Waals surface area contributed by atoms with E-state index in [-0.39, 0.29) is 19.0 Å². The maximum absolute atomic E-state index is 13.0. The number of fused-ring (bicyclic) bond motifs is 1. The van der Waals surface area contributed by atoms with E-state index in [0.717, 1.165) is 15.8 Å². The summed E-state index contributed by atoms with van der Waals surface area (Å²) in [6, 6.07) is 12.0. The van der Waals surface area contributed by atoms with E-state index < -0.39 is 24.2 Å². The number of likely N-dealkylation sites (tertiary alicyclic amines) is 1. The maximum Gasteiger partial charge on any atom is 0.268 e. The molecule has 0 bridgehead atoms. The van der Waals surface area contributed by atoms with Crippen molar-refractivity contribution in [2.75, 3.05) is 13.1 Å². The van der Waals surface area contributed by atoms with Gasteiger partial charge in [-0.1, -0.05) is 41.9 Å². The smallest absolute Gasteiger partial charge is 0.268 e. The number of carbonyl (C=O) groups excluding carboxylic acids is 2. The lowest BCUT2D eigenvalue weighted by atomic mass is 10.0. The summed E-state index contributed by atoms with van der Waals surface area (Å²) in [5.41, 5.74) is 1.24. The summed E-state index contributed by atoms with van der Waals surface area (Å²) >= 11 is 7.31. The van der Waals surface area contributed by atoms with E-state index in [9.17, 15) is 19.8 Å². The number of nitrogens with zero attached hydrogens (tertiary/aromatic N) is 1. The molecule has 1 aromatic carbocycles. The molecule has 4 N–H and O–H groups in total. The van der Waals surface area contributed by atoms with Gasteiger partial charge in [0, 0.05) is 24.9 Å². The number of rotatable bonds is 5. The number of nitrogens with one attached hydrogen (secondary N) is 2. The SMILES string of the molecule is O=C(N[C@@H](Cc1ccccc1)C(=O)N1C[C@@H](O)[C@@H](O)C1)c1cc2cc(Cl)sc2[nH]1. The molecule has 7 nitrogen and oxygen atoms in total. The van der Waals surface area contributed by atoms with Crippen LogP contribution in [-0.4, -0.2) is 63.3 Å². The van der Waals surface area contributed by atoms with E-state index in [1.165, 1.54) is 16.2 Å². The Bertz CT molecular complexity index is 993. The number of H-pyrrole nitrogens is 1. The number of halogens is 1. The summed E-state index contributed by atoms with van der Waals surface area (Å²) in [6.45, 7) is 0.0792. The summed E-state index contributed by atoms with van der Waals surface area (Å²) in [5, 5.41) is 23.2. The highest BCUT2D eigenvalue weighted by atomic mass is 35.5. The normalized spacial score (nSPS) is 20.2. The quantitative estimate of drug-likeness (QED) is 0.492. The van der Waals surface area contributed by atoms with Crippen LogP contribution in [0.4, 0.5) is 0 Å². The van der Waals surface area contributed by atoms with Crippen LogP contribution in [0.15, 0.2) is 42.5 Å². The predicted octanol–water partition coefficient (Wildman–Crippen LogP) is 1.79. The third kappa shape index (κ3) is 4.30. The Labute approximate surface area is 175 Å². The van der Waals surface area contributed by atoms with Gasteiger partial charge in [-0.15, -0.1) is 11.3 Å². The summed E-state index contributed by atoms with van der Waals surface area (Å²) in [6.07, 6.45) is -1.66. The highest BCUT2D eigenvalue weighted by molar-refractivity contribution is 7.22. The van der Waals surface area contributed by atoms with Gasteiger partial charge < -0.3 is 25.4 Å². The molecule has 4 rings (SSSR count). The monoisotopic (exact) mass is 433 g/mol. The van der Waals surface area contributed by atoms with Gasteiger partial charge in [0.25, 0.3) is 5.91 Å². The van der Waals surface area contributed by atoms with Crippen molar-refractivity contribution in [1.82, 2.24) is 15.2 Å². The minimum absolute atomic E-state index is 0.0396. The van der Waals surface area contributed by atoms with Crippen LogP contribution in [0.1, 0.15) is 16.1 Å². The Balaban J connectivity index is 1.54. The van der Waals surface area contributed by atoms with Gasteiger partial charge in [0.1, 0.15) is 16.6 Å². The van der Waals surface area contributed by atoms with Crippen LogP contribution in [0.2, 0.25) is 4.34 Å². The number of amides is 2. The summed E-state index contributed by atoms with van der Waals surface area (Å²) in [7, 11) is 0. The van der Waals surface area contributed by atoms with E-state index >= 15 is 0 Å². The average Bonchev–Trinajstić information content (AvgIpc) is 3.34. The second-order valence-electron chi connectivity index (χ2n) is 7.11. The number of thiophene rings is 1. The third-order valence-electron chi connectivity index (χ3n) is 4.98. The number of β-amino-alcohol motifs (C(OH)–C–C–N with tert-alkyl or cyclic N) is 2. The highest BCUT2D eigenvalue weighted by Crippen LogP contribution is 2.29. The first kappa shape index (κ1) is 19.9. The van der Waals surface area contributed by atoms with Gasteiger partial charge >= 0.3 is 0 Å². The van der Waals surface area contributed by atoms with Gasteiger partial charge in [-0.2, -0.15) is 0 Å². The van der Waals surface area contributed by atoms with E-state index in [4.69, 9.17) is 11.6 Å². The van der Waals surface area contributed by atoms with Crippen LogP contribution >= 0.6 is 22.9 Å². The fraction of sp³-hybridized carbons (Fsp3) is 0.300. The Morgan fingerprint density at radius 1 is 1.21 bits per heavy atom. The number of hydrogen-bond acceptors (Lipinski definition) is 5. The molecule has 0 saturated carbocycles. The highest BCUT2D eigenvalue weighted by Gasteiger charge is 2.36. The minimum atomic E-state index is -0.980. The lowest BCUT2D eigenvalue weighted by molar-refractivity contribution is -0.132. The number of hydrogen-bond donors (Lipinski definition) is 4. The minimum Gasteiger partial charge on any atom is -0.388 e. The number of aliphatic hydroxyl groups excluding tert-OH is 2. The van der Waals surface area contributed by atoms with E-state index in [0.29, 0.717) is 16.5 Å². The molecule has 29 heavy (non-hydrogen) atoms. The van der Waals surface area contributed by atoms with Crippen LogP contribution in [0.3, 0.4) is 0 Å². The van der Waals surface area contributed by atoms with Crippen molar-refractivity contribution < 1.29 is 19.8 Å². The van der Waals surface area contributed by atoms with Gasteiger partial charge in [0.05, 0.1) is 16.5 Å².